The Morgan fingerprint density at radius 2 is 1.58 bits per heavy atom. The lowest BCUT2D eigenvalue weighted by atomic mass is 10.1. The molecule has 0 amide bonds. The van der Waals surface area contributed by atoms with E-state index in [2.05, 4.69) is 29.4 Å². The van der Waals surface area contributed by atoms with Gasteiger partial charge in [-0.05, 0) is 28.3 Å². The topological polar surface area (TPSA) is 61.0 Å². The highest BCUT2D eigenvalue weighted by Gasteiger charge is 2.32. The zero-order valence-electron chi connectivity index (χ0n) is 13.5. The molecular formula is C20H12ClN3O2. The largest absolute Gasteiger partial charge is 0.270 e. The van der Waals surface area contributed by atoms with Crippen LogP contribution in [-0.2, 0) is 0 Å². The van der Waals surface area contributed by atoms with Crippen LogP contribution in [0.15, 0.2) is 66.7 Å². The molecule has 0 saturated carbocycles. The van der Waals surface area contributed by atoms with Gasteiger partial charge in [0.25, 0.3) is 5.69 Å². The van der Waals surface area contributed by atoms with Crippen molar-refractivity contribution >= 4 is 28.2 Å². The molecule has 5 rings (SSSR count). The van der Waals surface area contributed by atoms with Gasteiger partial charge < -0.3 is 0 Å². The monoisotopic (exact) mass is 361 g/mol. The number of non-ortho nitro benzene ring substituents is 1. The van der Waals surface area contributed by atoms with Gasteiger partial charge in [-0.25, -0.2) is 4.68 Å². The molecule has 1 aliphatic rings. The highest BCUT2D eigenvalue weighted by Crippen LogP contribution is 2.46. The SMILES string of the molecule is O=[N+]([O-])c1ccc2nn(C3c4ccccc4-c4ccccc43)c(Cl)c2c1. The third kappa shape index (κ3) is 2.01. The number of benzene rings is 3. The maximum Gasteiger partial charge on any atom is 0.270 e. The summed E-state index contributed by atoms with van der Waals surface area (Å²) in [6.45, 7) is 0. The van der Waals surface area contributed by atoms with Crippen molar-refractivity contribution in [1.29, 1.82) is 0 Å². The molecule has 3 aromatic carbocycles. The van der Waals surface area contributed by atoms with Crippen LogP contribution in [0.3, 0.4) is 0 Å². The summed E-state index contributed by atoms with van der Waals surface area (Å²) < 4.78 is 1.76. The van der Waals surface area contributed by atoms with Gasteiger partial charge in [-0.1, -0.05) is 60.1 Å². The van der Waals surface area contributed by atoms with E-state index in [4.69, 9.17) is 11.6 Å². The number of nitrogens with zero attached hydrogens (tertiary/aromatic N) is 3. The molecule has 26 heavy (non-hydrogen) atoms. The molecule has 0 radical (unpaired) electrons. The van der Waals surface area contributed by atoms with Crippen LogP contribution in [0.25, 0.3) is 22.0 Å². The van der Waals surface area contributed by atoms with Crippen molar-refractivity contribution in [2.24, 2.45) is 0 Å². The van der Waals surface area contributed by atoms with Gasteiger partial charge in [0.05, 0.1) is 10.4 Å². The smallest absolute Gasteiger partial charge is 0.258 e. The third-order valence-corrected chi connectivity index (χ3v) is 5.25. The first-order chi connectivity index (χ1) is 12.6. The molecule has 5 nitrogen and oxygen atoms in total. The normalized spacial score (nSPS) is 13.0. The summed E-state index contributed by atoms with van der Waals surface area (Å²) in [5.41, 5.74) is 5.22. The van der Waals surface area contributed by atoms with Crippen LogP contribution in [0.4, 0.5) is 5.69 Å². The van der Waals surface area contributed by atoms with E-state index >= 15 is 0 Å². The average Bonchev–Trinajstić information content (AvgIpc) is 3.16. The van der Waals surface area contributed by atoms with E-state index in [-0.39, 0.29) is 11.7 Å². The Labute approximate surface area is 153 Å². The number of hydrogen-bond acceptors (Lipinski definition) is 3. The lowest BCUT2D eigenvalue weighted by Gasteiger charge is -2.15. The Balaban J connectivity index is 1.78. The second kappa shape index (κ2) is 5.41. The highest BCUT2D eigenvalue weighted by molar-refractivity contribution is 6.34. The van der Waals surface area contributed by atoms with Crippen LogP contribution < -0.4 is 0 Å². The van der Waals surface area contributed by atoms with Gasteiger partial charge in [0, 0.05) is 17.5 Å². The van der Waals surface area contributed by atoms with Crippen molar-refractivity contribution in [1.82, 2.24) is 9.78 Å². The average molecular weight is 362 g/mol. The van der Waals surface area contributed by atoms with E-state index in [1.807, 2.05) is 24.3 Å². The number of aromatic nitrogens is 2. The lowest BCUT2D eigenvalue weighted by Crippen LogP contribution is -2.11. The molecule has 0 bridgehead atoms. The molecule has 126 valence electrons. The molecular weight excluding hydrogens is 350 g/mol. The van der Waals surface area contributed by atoms with Crippen LogP contribution in [0, 0.1) is 10.1 Å². The van der Waals surface area contributed by atoms with E-state index in [1.54, 1.807) is 10.7 Å². The van der Waals surface area contributed by atoms with Crippen LogP contribution in [0.2, 0.25) is 5.15 Å². The number of nitro groups is 1. The number of hydrogen-bond donors (Lipinski definition) is 0. The molecule has 4 aromatic rings. The van der Waals surface area contributed by atoms with Crippen molar-refractivity contribution in [3.05, 3.63) is 93.1 Å². The lowest BCUT2D eigenvalue weighted by molar-refractivity contribution is -0.384. The molecule has 1 aromatic heterocycles. The van der Waals surface area contributed by atoms with Crippen molar-refractivity contribution in [3.8, 4) is 11.1 Å². The summed E-state index contributed by atoms with van der Waals surface area (Å²) in [6, 6.07) is 20.8. The van der Waals surface area contributed by atoms with E-state index in [0.29, 0.717) is 16.1 Å². The molecule has 0 fully saturated rings. The maximum absolute atomic E-state index is 11.1. The molecule has 0 saturated heterocycles. The van der Waals surface area contributed by atoms with Gasteiger partial charge in [0.1, 0.15) is 11.2 Å². The van der Waals surface area contributed by atoms with Gasteiger partial charge in [0.15, 0.2) is 0 Å². The predicted octanol–water partition coefficient (Wildman–Crippen LogP) is 5.22. The first-order valence-corrected chi connectivity index (χ1v) is 8.53. The van der Waals surface area contributed by atoms with E-state index in [9.17, 15) is 10.1 Å². The minimum Gasteiger partial charge on any atom is -0.258 e. The standard InChI is InChI=1S/C20H12ClN3O2/c21-20-17-11-12(24(25)26)9-10-18(17)22-23(20)19-15-7-3-1-5-13(15)14-6-2-4-8-16(14)19/h1-11,19H. The number of halogens is 1. The summed E-state index contributed by atoms with van der Waals surface area (Å²) in [7, 11) is 0. The van der Waals surface area contributed by atoms with Crippen LogP contribution in [0.1, 0.15) is 17.2 Å². The summed E-state index contributed by atoms with van der Waals surface area (Å²) in [4.78, 5) is 10.7. The molecule has 0 N–H and O–H groups in total. The second-order valence-corrected chi connectivity index (χ2v) is 6.63. The minimum atomic E-state index is -0.423. The molecule has 1 aliphatic carbocycles. The molecule has 0 atom stereocenters. The molecule has 6 heteroatoms. The fourth-order valence-electron chi connectivity index (χ4n) is 3.74. The quantitative estimate of drug-likeness (QED) is 0.320. The van der Waals surface area contributed by atoms with Crippen molar-refractivity contribution in [2.45, 2.75) is 6.04 Å². The summed E-state index contributed by atoms with van der Waals surface area (Å²) >= 11 is 6.62. The molecule has 1 heterocycles. The maximum atomic E-state index is 11.1. The van der Waals surface area contributed by atoms with Gasteiger partial charge in [-0.15, -0.1) is 0 Å². The van der Waals surface area contributed by atoms with Crippen molar-refractivity contribution in [3.63, 3.8) is 0 Å². The fraction of sp³-hybridized carbons (Fsp3) is 0.0500. The summed E-state index contributed by atoms with van der Waals surface area (Å²) in [6.07, 6.45) is 0. The summed E-state index contributed by atoms with van der Waals surface area (Å²) in [5.74, 6) is 0. The van der Waals surface area contributed by atoms with Crippen LogP contribution >= 0.6 is 11.6 Å². The minimum absolute atomic E-state index is 0.00572. The zero-order chi connectivity index (χ0) is 17.8. The predicted molar refractivity (Wildman–Crippen MR) is 101 cm³/mol. The van der Waals surface area contributed by atoms with Crippen molar-refractivity contribution < 1.29 is 4.92 Å². The Bertz CT molecular complexity index is 1150. The highest BCUT2D eigenvalue weighted by atomic mass is 35.5. The molecule has 0 spiro atoms. The van der Waals surface area contributed by atoms with E-state index < -0.39 is 4.92 Å². The number of nitro benzene ring substituents is 1. The van der Waals surface area contributed by atoms with Crippen LogP contribution in [-0.4, -0.2) is 14.7 Å². The molecule has 0 aliphatic heterocycles. The Kier molecular flexibility index (Phi) is 3.14. The van der Waals surface area contributed by atoms with E-state index in [1.165, 1.54) is 12.1 Å². The molecule has 0 unspecified atom stereocenters. The third-order valence-electron chi connectivity index (χ3n) is 4.88. The second-order valence-electron chi connectivity index (χ2n) is 6.27. The van der Waals surface area contributed by atoms with E-state index in [0.717, 1.165) is 22.3 Å². The van der Waals surface area contributed by atoms with Gasteiger partial charge in [-0.2, -0.15) is 5.10 Å². The first-order valence-electron chi connectivity index (χ1n) is 8.15. The van der Waals surface area contributed by atoms with Gasteiger partial charge in [-0.3, -0.25) is 10.1 Å². The van der Waals surface area contributed by atoms with Crippen LogP contribution in [0.5, 0.6) is 0 Å². The van der Waals surface area contributed by atoms with Gasteiger partial charge >= 0.3 is 0 Å². The Morgan fingerprint density at radius 1 is 0.962 bits per heavy atom. The number of rotatable bonds is 2. The zero-order valence-corrected chi connectivity index (χ0v) is 14.2. The van der Waals surface area contributed by atoms with Crippen molar-refractivity contribution in [2.75, 3.05) is 0 Å². The van der Waals surface area contributed by atoms with Gasteiger partial charge in [0.2, 0.25) is 0 Å². The first kappa shape index (κ1) is 15.1. The summed E-state index contributed by atoms with van der Waals surface area (Å²) in [5, 5.41) is 16.7. The fourth-order valence-corrected chi connectivity index (χ4v) is 4.02. The Hall–Kier alpha value is -3.18. The number of fused-ring (bicyclic) bond motifs is 4. The Morgan fingerprint density at radius 3 is 2.19 bits per heavy atom.